The van der Waals surface area contributed by atoms with Gasteiger partial charge in [0.15, 0.2) is 11.5 Å². The molecule has 106 valence electrons. The molecule has 1 aromatic carbocycles. The van der Waals surface area contributed by atoms with E-state index in [0.717, 1.165) is 31.7 Å². The van der Waals surface area contributed by atoms with Crippen LogP contribution in [0.5, 0.6) is 11.5 Å². The highest BCUT2D eigenvalue weighted by molar-refractivity contribution is 5.41. The summed E-state index contributed by atoms with van der Waals surface area (Å²) in [6.07, 6.45) is 3.97. The molecule has 1 aliphatic heterocycles. The van der Waals surface area contributed by atoms with Gasteiger partial charge in [0, 0.05) is 19.7 Å². The van der Waals surface area contributed by atoms with Crippen LogP contribution in [0.15, 0.2) is 18.2 Å². The molecular weight excluding hydrogens is 242 g/mol. The molecule has 4 nitrogen and oxygen atoms in total. The zero-order chi connectivity index (χ0) is 13.7. The van der Waals surface area contributed by atoms with E-state index in [1.165, 1.54) is 12.8 Å². The zero-order valence-electron chi connectivity index (χ0n) is 11.8. The smallest absolute Gasteiger partial charge is 0.160 e. The largest absolute Gasteiger partial charge is 0.504 e. The molecule has 1 fully saturated rings. The molecule has 1 atom stereocenters. The first-order valence-electron chi connectivity index (χ1n) is 6.85. The minimum atomic E-state index is 0.185. The first-order chi connectivity index (χ1) is 9.19. The first-order valence-corrected chi connectivity index (χ1v) is 6.85. The van der Waals surface area contributed by atoms with Crippen molar-refractivity contribution in [2.75, 3.05) is 27.3 Å². The van der Waals surface area contributed by atoms with Crippen molar-refractivity contribution in [2.45, 2.75) is 31.9 Å². The molecule has 1 heterocycles. The van der Waals surface area contributed by atoms with Crippen molar-refractivity contribution >= 4 is 0 Å². The third-order valence-corrected chi connectivity index (χ3v) is 3.49. The van der Waals surface area contributed by atoms with Crippen LogP contribution in [0.3, 0.4) is 0 Å². The van der Waals surface area contributed by atoms with Gasteiger partial charge in [-0.25, -0.2) is 0 Å². The summed E-state index contributed by atoms with van der Waals surface area (Å²) in [4.78, 5) is 2.25. The van der Waals surface area contributed by atoms with Crippen molar-refractivity contribution in [2.24, 2.45) is 0 Å². The van der Waals surface area contributed by atoms with E-state index in [4.69, 9.17) is 9.47 Å². The number of benzene rings is 1. The van der Waals surface area contributed by atoms with Crippen LogP contribution in [0.25, 0.3) is 0 Å². The van der Waals surface area contributed by atoms with E-state index in [1.807, 2.05) is 12.1 Å². The van der Waals surface area contributed by atoms with Gasteiger partial charge in [-0.05, 0) is 44.0 Å². The number of methoxy groups -OCH3 is 1. The molecule has 0 bridgehead atoms. The van der Waals surface area contributed by atoms with E-state index in [9.17, 15) is 5.11 Å². The summed E-state index contributed by atoms with van der Waals surface area (Å²) >= 11 is 0. The third kappa shape index (κ3) is 4.11. The van der Waals surface area contributed by atoms with Crippen LogP contribution in [0.1, 0.15) is 24.8 Å². The summed E-state index contributed by atoms with van der Waals surface area (Å²) in [6.45, 7) is 2.67. The Morgan fingerprint density at radius 1 is 1.42 bits per heavy atom. The topological polar surface area (TPSA) is 41.9 Å². The van der Waals surface area contributed by atoms with Gasteiger partial charge in [0.05, 0.1) is 13.2 Å². The van der Waals surface area contributed by atoms with Gasteiger partial charge in [-0.3, -0.25) is 4.90 Å². The summed E-state index contributed by atoms with van der Waals surface area (Å²) < 4.78 is 10.9. The fraction of sp³-hybridized carbons (Fsp3) is 0.600. The number of ether oxygens (including phenoxy) is 2. The van der Waals surface area contributed by atoms with Crippen molar-refractivity contribution in [1.29, 1.82) is 0 Å². The Hall–Kier alpha value is -1.26. The number of hydrogen-bond donors (Lipinski definition) is 1. The van der Waals surface area contributed by atoms with Crippen molar-refractivity contribution in [3.8, 4) is 11.5 Å². The predicted octanol–water partition coefficient (Wildman–Crippen LogP) is 2.40. The fourth-order valence-corrected chi connectivity index (χ4v) is 2.50. The summed E-state index contributed by atoms with van der Waals surface area (Å²) in [5.41, 5.74) is 1.13. The Balaban J connectivity index is 1.88. The average molecular weight is 265 g/mol. The molecule has 1 N–H and O–H groups in total. The minimum absolute atomic E-state index is 0.185. The highest BCUT2D eigenvalue weighted by atomic mass is 16.5. The molecule has 0 aromatic heterocycles. The molecule has 0 aliphatic carbocycles. The quantitative estimate of drug-likeness (QED) is 0.887. The maximum atomic E-state index is 9.57. The molecular formula is C15H23NO3. The van der Waals surface area contributed by atoms with E-state index in [0.29, 0.717) is 11.9 Å². The molecule has 2 rings (SSSR count). The SMILES string of the molecule is COc1cc(CN(C)CC2CCCCO2)ccc1O. The molecule has 1 unspecified atom stereocenters. The van der Waals surface area contributed by atoms with Crippen molar-refractivity contribution in [3.05, 3.63) is 23.8 Å². The minimum Gasteiger partial charge on any atom is -0.504 e. The van der Waals surface area contributed by atoms with Gasteiger partial charge >= 0.3 is 0 Å². The van der Waals surface area contributed by atoms with Crippen LogP contribution < -0.4 is 4.74 Å². The standard InChI is InChI=1S/C15H23NO3/c1-16(11-13-5-3-4-8-19-13)10-12-6-7-14(17)15(9-12)18-2/h6-7,9,13,17H,3-5,8,10-11H2,1-2H3. The first kappa shape index (κ1) is 14.2. The van der Waals surface area contributed by atoms with E-state index in [1.54, 1.807) is 13.2 Å². The molecule has 0 radical (unpaired) electrons. The molecule has 1 aliphatic rings. The maximum absolute atomic E-state index is 9.57. The van der Waals surface area contributed by atoms with Gasteiger partial charge in [-0.1, -0.05) is 6.07 Å². The van der Waals surface area contributed by atoms with E-state index in [2.05, 4.69) is 11.9 Å². The van der Waals surface area contributed by atoms with Gasteiger partial charge in [0.25, 0.3) is 0 Å². The monoisotopic (exact) mass is 265 g/mol. The van der Waals surface area contributed by atoms with E-state index < -0.39 is 0 Å². The van der Waals surface area contributed by atoms with Crippen molar-refractivity contribution in [1.82, 2.24) is 4.90 Å². The number of nitrogens with zero attached hydrogens (tertiary/aromatic N) is 1. The van der Waals surface area contributed by atoms with Gasteiger partial charge in [-0.2, -0.15) is 0 Å². The Labute approximate surface area is 114 Å². The fourth-order valence-electron chi connectivity index (χ4n) is 2.50. The maximum Gasteiger partial charge on any atom is 0.160 e. The number of aromatic hydroxyl groups is 1. The Bertz CT molecular complexity index is 402. The van der Waals surface area contributed by atoms with Crippen LogP contribution in [0, 0.1) is 0 Å². The summed E-state index contributed by atoms with van der Waals surface area (Å²) in [5.74, 6) is 0.712. The number of likely N-dealkylation sites (N-methyl/N-ethyl adjacent to an activating group) is 1. The summed E-state index contributed by atoms with van der Waals surface area (Å²) in [5, 5.41) is 9.57. The van der Waals surface area contributed by atoms with Crippen LogP contribution in [-0.2, 0) is 11.3 Å². The highest BCUT2D eigenvalue weighted by Gasteiger charge is 2.16. The van der Waals surface area contributed by atoms with Gasteiger partial charge in [0.2, 0.25) is 0 Å². The van der Waals surface area contributed by atoms with Gasteiger partial charge < -0.3 is 14.6 Å². The van der Waals surface area contributed by atoms with Crippen LogP contribution in [0.2, 0.25) is 0 Å². The number of phenolic OH excluding ortho intramolecular Hbond substituents is 1. The lowest BCUT2D eigenvalue weighted by Gasteiger charge is -2.27. The predicted molar refractivity (Wildman–Crippen MR) is 74.6 cm³/mol. The second kappa shape index (κ2) is 6.78. The molecule has 1 aromatic rings. The molecule has 0 spiro atoms. The summed E-state index contributed by atoms with van der Waals surface area (Å²) in [7, 11) is 3.66. The normalized spacial score (nSPS) is 19.6. The Kier molecular flexibility index (Phi) is 5.05. The molecule has 19 heavy (non-hydrogen) atoms. The lowest BCUT2D eigenvalue weighted by molar-refractivity contribution is -0.00259. The van der Waals surface area contributed by atoms with Crippen LogP contribution >= 0.6 is 0 Å². The van der Waals surface area contributed by atoms with Crippen LogP contribution in [-0.4, -0.2) is 43.4 Å². The highest BCUT2D eigenvalue weighted by Crippen LogP contribution is 2.26. The Morgan fingerprint density at radius 2 is 2.26 bits per heavy atom. The molecule has 1 saturated heterocycles. The van der Waals surface area contributed by atoms with E-state index in [-0.39, 0.29) is 5.75 Å². The summed E-state index contributed by atoms with van der Waals surface area (Å²) in [6, 6.07) is 5.49. The molecule has 0 amide bonds. The van der Waals surface area contributed by atoms with Crippen molar-refractivity contribution < 1.29 is 14.6 Å². The van der Waals surface area contributed by atoms with Crippen LogP contribution in [0.4, 0.5) is 0 Å². The number of phenols is 1. The number of rotatable bonds is 5. The zero-order valence-corrected chi connectivity index (χ0v) is 11.8. The molecule has 0 saturated carbocycles. The second-order valence-corrected chi connectivity index (χ2v) is 5.19. The lowest BCUT2D eigenvalue weighted by Crippen LogP contribution is -2.33. The Morgan fingerprint density at radius 3 is 2.95 bits per heavy atom. The number of hydrogen-bond acceptors (Lipinski definition) is 4. The van der Waals surface area contributed by atoms with Gasteiger partial charge in [-0.15, -0.1) is 0 Å². The third-order valence-electron chi connectivity index (χ3n) is 3.49. The second-order valence-electron chi connectivity index (χ2n) is 5.19. The van der Waals surface area contributed by atoms with Gasteiger partial charge in [0.1, 0.15) is 0 Å². The van der Waals surface area contributed by atoms with Crippen molar-refractivity contribution in [3.63, 3.8) is 0 Å². The molecule has 4 heteroatoms. The lowest BCUT2D eigenvalue weighted by atomic mass is 10.1. The van der Waals surface area contributed by atoms with E-state index >= 15 is 0 Å². The average Bonchev–Trinajstić information content (AvgIpc) is 2.42.